The van der Waals surface area contributed by atoms with E-state index in [9.17, 15) is 4.79 Å². The van der Waals surface area contributed by atoms with Crippen LogP contribution in [0.15, 0.2) is 12.1 Å². The lowest BCUT2D eigenvalue weighted by molar-refractivity contribution is 0.0949. The fourth-order valence-corrected chi connectivity index (χ4v) is 2.13. The molecule has 1 aromatic carbocycles. The van der Waals surface area contributed by atoms with Gasteiger partial charge in [-0.3, -0.25) is 4.79 Å². The predicted octanol–water partition coefficient (Wildman–Crippen LogP) is 2.34. The van der Waals surface area contributed by atoms with Crippen LogP contribution in [0.25, 0.3) is 0 Å². The number of benzene rings is 1. The van der Waals surface area contributed by atoms with Crippen molar-refractivity contribution in [1.82, 2.24) is 10.2 Å². The highest BCUT2D eigenvalue weighted by atomic mass is 35.5. The maximum atomic E-state index is 12.1. The van der Waals surface area contributed by atoms with Crippen molar-refractivity contribution < 1.29 is 9.53 Å². The van der Waals surface area contributed by atoms with Gasteiger partial charge in [-0.1, -0.05) is 11.6 Å². The van der Waals surface area contributed by atoms with Crippen molar-refractivity contribution in [3.63, 3.8) is 0 Å². The van der Waals surface area contributed by atoms with Gasteiger partial charge in [0.2, 0.25) is 0 Å². The van der Waals surface area contributed by atoms with Crippen LogP contribution in [0.3, 0.4) is 0 Å². The number of halogens is 1. The van der Waals surface area contributed by atoms with Crippen LogP contribution in [-0.2, 0) is 0 Å². The van der Waals surface area contributed by atoms with E-state index in [1.165, 1.54) is 0 Å². The van der Waals surface area contributed by atoms with E-state index >= 15 is 0 Å². The summed E-state index contributed by atoms with van der Waals surface area (Å²) in [4.78, 5) is 14.2. The second-order valence-electron chi connectivity index (χ2n) is 4.72. The first-order valence-corrected chi connectivity index (χ1v) is 6.60. The Morgan fingerprint density at radius 1 is 1.42 bits per heavy atom. The lowest BCUT2D eigenvalue weighted by Crippen LogP contribution is -2.27. The van der Waals surface area contributed by atoms with Crippen molar-refractivity contribution in [3.8, 4) is 5.75 Å². The number of nitrogens with one attached hydrogen (secondary N) is 1. The van der Waals surface area contributed by atoms with E-state index in [0.717, 1.165) is 18.5 Å². The van der Waals surface area contributed by atoms with Gasteiger partial charge in [0.25, 0.3) is 5.91 Å². The molecule has 1 aromatic rings. The summed E-state index contributed by atoms with van der Waals surface area (Å²) in [5, 5.41) is 3.42. The smallest absolute Gasteiger partial charge is 0.255 e. The lowest BCUT2D eigenvalue weighted by Gasteiger charge is -2.13. The van der Waals surface area contributed by atoms with E-state index in [1.54, 1.807) is 19.2 Å². The third-order valence-electron chi connectivity index (χ3n) is 2.76. The quantitative estimate of drug-likeness (QED) is 0.815. The molecule has 0 heterocycles. The van der Waals surface area contributed by atoms with E-state index in [0.29, 0.717) is 22.9 Å². The molecular formula is C14H21ClN2O2. The summed E-state index contributed by atoms with van der Waals surface area (Å²) in [6.45, 7) is 3.44. The summed E-state index contributed by atoms with van der Waals surface area (Å²) in [6.07, 6.45) is 0.903. The Hall–Kier alpha value is -1.26. The van der Waals surface area contributed by atoms with E-state index in [4.69, 9.17) is 16.3 Å². The van der Waals surface area contributed by atoms with Gasteiger partial charge in [-0.05, 0) is 51.7 Å². The molecule has 1 rings (SSSR count). The van der Waals surface area contributed by atoms with Crippen LogP contribution in [-0.4, -0.2) is 45.1 Å². The molecule has 19 heavy (non-hydrogen) atoms. The monoisotopic (exact) mass is 284 g/mol. The molecule has 0 saturated heterocycles. The highest BCUT2D eigenvalue weighted by Gasteiger charge is 2.15. The zero-order valence-corrected chi connectivity index (χ0v) is 12.7. The van der Waals surface area contributed by atoms with Crippen molar-refractivity contribution in [1.29, 1.82) is 0 Å². The van der Waals surface area contributed by atoms with Crippen molar-refractivity contribution in [2.24, 2.45) is 0 Å². The molecule has 5 heteroatoms. The number of nitrogens with zero attached hydrogens (tertiary/aromatic N) is 1. The zero-order valence-electron chi connectivity index (χ0n) is 11.9. The fraction of sp³-hybridized carbons (Fsp3) is 0.500. The number of carbonyl (C=O) groups excluding carboxylic acids is 1. The minimum atomic E-state index is -0.152. The Morgan fingerprint density at radius 2 is 2.11 bits per heavy atom. The van der Waals surface area contributed by atoms with Crippen molar-refractivity contribution >= 4 is 17.5 Å². The van der Waals surface area contributed by atoms with Crippen LogP contribution in [0.1, 0.15) is 22.3 Å². The van der Waals surface area contributed by atoms with E-state index in [1.807, 2.05) is 21.0 Å². The molecule has 0 aliphatic carbocycles. The van der Waals surface area contributed by atoms with E-state index in [-0.39, 0.29) is 5.91 Å². The maximum Gasteiger partial charge on any atom is 0.255 e. The number of amides is 1. The summed E-state index contributed by atoms with van der Waals surface area (Å²) < 4.78 is 5.27. The van der Waals surface area contributed by atoms with Crippen LogP contribution in [0, 0.1) is 6.92 Å². The Bertz CT molecular complexity index is 447. The summed E-state index contributed by atoms with van der Waals surface area (Å²) in [5.41, 5.74) is 1.34. The van der Waals surface area contributed by atoms with Gasteiger partial charge in [0.05, 0.1) is 12.7 Å². The van der Waals surface area contributed by atoms with E-state index in [2.05, 4.69) is 10.2 Å². The van der Waals surface area contributed by atoms with E-state index < -0.39 is 0 Å². The minimum absolute atomic E-state index is 0.152. The number of hydrogen-bond donors (Lipinski definition) is 1. The first kappa shape index (κ1) is 15.8. The third-order valence-corrected chi connectivity index (χ3v) is 2.97. The minimum Gasteiger partial charge on any atom is -0.496 e. The lowest BCUT2D eigenvalue weighted by atomic mass is 10.1. The molecule has 106 valence electrons. The third kappa shape index (κ3) is 4.73. The number of carbonyl (C=O) groups is 1. The zero-order chi connectivity index (χ0) is 14.4. The molecule has 0 bridgehead atoms. The van der Waals surface area contributed by atoms with Gasteiger partial charge in [-0.2, -0.15) is 0 Å². The SMILES string of the molecule is COc1c(C)cc(Cl)cc1C(=O)NCCCN(C)C. The first-order valence-electron chi connectivity index (χ1n) is 6.22. The average Bonchev–Trinajstić information content (AvgIpc) is 2.33. The number of hydrogen-bond acceptors (Lipinski definition) is 3. The highest BCUT2D eigenvalue weighted by Crippen LogP contribution is 2.27. The van der Waals surface area contributed by atoms with Crippen molar-refractivity contribution in [2.75, 3.05) is 34.3 Å². The molecule has 4 nitrogen and oxygen atoms in total. The largest absolute Gasteiger partial charge is 0.496 e. The van der Waals surface area contributed by atoms with Crippen LogP contribution < -0.4 is 10.1 Å². The van der Waals surface area contributed by atoms with Crippen LogP contribution in [0.2, 0.25) is 5.02 Å². The van der Waals surface area contributed by atoms with Crippen LogP contribution in [0.4, 0.5) is 0 Å². The van der Waals surface area contributed by atoms with Gasteiger partial charge in [0, 0.05) is 11.6 Å². The predicted molar refractivity (Wildman–Crippen MR) is 78.2 cm³/mol. The average molecular weight is 285 g/mol. The second kappa shape index (κ2) is 7.36. The molecular weight excluding hydrogens is 264 g/mol. The Balaban J connectivity index is 2.71. The first-order chi connectivity index (χ1) is 8.95. The normalized spacial score (nSPS) is 10.6. The summed E-state index contributed by atoms with van der Waals surface area (Å²) in [6, 6.07) is 3.41. The Labute approximate surface area is 119 Å². The molecule has 0 spiro atoms. The molecule has 0 saturated carbocycles. The highest BCUT2D eigenvalue weighted by molar-refractivity contribution is 6.31. The molecule has 1 amide bonds. The summed E-state index contributed by atoms with van der Waals surface area (Å²) >= 11 is 5.98. The topological polar surface area (TPSA) is 41.6 Å². The second-order valence-corrected chi connectivity index (χ2v) is 5.15. The molecule has 1 N–H and O–H groups in total. The van der Waals surface area contributed by atoms with Gasteiger partial charge >= 0.3 is 0 Å². The Morgan fingerprint density at radius 3 is 2.68 bits per heavy atom. The molecule has 0 unspecified atom stereocenters. The maximum absolute atomic E-state index is 12.1. The van der Waals surface area contributed by atoms with Crippen LogP contribution >= 0.6 is 11.6 Å². The van der Waals surface area contributed by atoms with Crippen LogP contribution in [0.5, 0.6) is 5.75 Å². The summed E-state index contributed by atoms with van der Waals surface area (Å²) in [5.74, 6) is 0.427. The number of ether oxygens (including phenoxy) is 1. The molecule has 0 fully saturated rings. The van der Waals surface area contributed by atoms with Gasteiger partial charge < -0.3 is 15.0 Å². The number of aryl methyl sites for hydroxylation is 1. The van der Waals surface area contributed by atoms with Crippen molar-refractivity contribution in [2.45, 2.75) is 13.3 Å². The molecule has 0 aromatic heterocycles. The molecule has 0 aliphatic rings. The van der Waals surface area contributed by atoms with Gasteiger partial charge in [0.15, 0.2) is 0 Å². The number of rotatable bonds is 6. The molecule has 0 aliphatic heterocycles. The summed E-state index contributed by atoms with van der Waals surface area (Å²) in [7, 11) is 5.56. The molecule has 0 atom stereocenters. The fourth-order valence-electron chi connectivity index (χ4n) is 1.86. The van der Waals surface area contributed by atoms with Gasteiger partial charge in [0.1, 0.15) is 5.75 Å². The van der Waals surface area contributed by atoms with Gasteiger partial charge in [-0.15, -0.1) is 0 Å². The van der Waals surface area contributed by atoms with Crippen molar-refractivity contribution in [3.05, 3.63) is 28.3 Å². The number of methoxy groups -OCH3 is 1. The Kier molecular flexibility index (Phi) is 6.12. The molecule has 0 radical (unpaired) electrons. The van der Waals surface area contributed by atoms with Gasteiger partial charge in [-0.25, -0.2) is 0 Å². The standard InChI is InChI=1S/C14H21ClN2O2/c1-10-8-11(15)9-12(13(10)19-4)14(18)16-6-5-7-17(2)3/h8-9H,5-7H2,1-4H3,(H,16,18).